The Kier molecular flexibility index (Phi) is 5.90. The Morgan fingerprint density at radius 2 is 2.04 bits per heavy atom. The van der Waals surface area contributed by atoms with Crippen molar-refractivity contribution < 1.29 is 23.9 Å². The van der Waals surface area contributed by atoms with Crippen molar-refractivity contribution in [2.45, 2.75) is 6.92 Å². The smallest absolute Gasteiger partial charge is 0.344 e. The number of ether oxygens (including phenoxy) is 2. The largest absolute Gasteiger partial charge is 0.482 e. The maximum atomic E-state index is 12.5. The first-order valence-electron chi connectivity index (χ1n) is 9.00. The third kappa shape index (κ3) is 4.29. The molecule has 0 amide bonds. The summed E-state index contributed by atoms with van der Waals surface area (Å²) in [5.41, 5.74) is 1.35. The number of rotatable bonds is 7. The first-order valence-corrected chi connectivity index (χ1v) is 9.00. The molecule has 28 heavy (non-hydrogen) atoms. The fourth-order valence-corrected chi connectivity index (χ4v) is 3.20. The van der Waals surface area contributed by atoms with E-state index < -0.39 is 11.9 Å². The molecule has 0 aromatic heterocycles. The summed E-state index contributed by atoms with van der Waals surface area (Å²) in [6, 6.07) is 8.50. The van der Waals surface area contributed by atoms with Gasteiger partial charge in [-0.25, -0.2) is 4.79 Å². The molecule has 0 saturated carbocycles. The summed E-state index contributed by atoms with van der Waals surface area (Å²) in [6.07, 6.45) is 5.20. The molecular formula is C21H20N2O5. The molecule has 3 rings (SSSR count). The lowest BCUT2D eigenvalue weighted by atomic mass is 9.84. The molecule has 1 aliphatic carbocycles. The molecule has 0 spiro atoms. The molecular weight excluding hydrogens is 360 g/mol. The molecule has 7 heteroatoms. The Balaban J connectivity index is 1.55. The van der Waals surface area contributed by atoms with Gasteiger partial charge in [-0.2, -0.15) is 5.26 Å². The van der Waals surface area contributed by atoms with E-state index in [-0.39, 0.29) is 30.6 Å². The molecule has 0 bridgehead atoms. The lowest BCUT2D eigenvalue weighted by Crippen LogP contribution is -2.31. The third-order valence-corrected chi connectivity index (χ3v) is 4.61. The molecule has 7 nitrogen and oxygen atoms in total. The number of nitriles is 1. The quantitative estimate of drug-likeness (QED) is 0.526. The molecule has 0 radical (unpaired) electrons. The van der Waals surface area contributed by atoms with Crippen LogP contribution in [0.1, 0.15) is 17.3 Å². The van der Waals surface area contributed by atoms with Crippen molar-refractivity contribution in [1.82, 2.24) is 4.90 Å². The highest BCUT2D eigenvalue weighted by Crippen LogP contribution is 2.30. The standard InChI is InChI=1S/C21H20N2O5/c1-2-27-20(25)13-28-17-7-5-14(6-8-17)19(24)12-23-10-16-4-3-15(9-22)21(26)18(16)11-23/h3-8,10,15,18H,2,11-13H2,1H3. The highest BCUT2D eigenvalue weighted by atomic mass is 16.6. The number of carbonyl (C=O) groups is 3. The maximum Gasteiger partial charge on any atom is 0.344 e. The number of ketones is 2. The van der Waals surface area contributed by atoms with E-state index in [0.717, 1.165) is 5.57 Å². The predicted octanol–water partition coefficient (Wildman–Crippen LogP) is 1.91. The predicted molar refractivity (Wildman–Crippen MR) is 99.3 cm³/mol. The van der Waals surface area contributed by atoms with E-state index in [1.807, 2.05) is 6.07 Å². The van der Waals surface area contributed by atoms with Crippen molar-refractivity contribution in [2.75, 3.05) is 26.3 Å². The summed E-state index contributed by atoms with van der Waals surface area (Å²) < 4.78 is 10.1. The molecule has 144 valence electrons. The summed E-state index contributed by atoms with van der Waals surface area (Å²) in [5, 5.41) is 9.01. The van der Waals surface area contributed by atoms with Crippen LogP contribution in [0.4, 0.5) is 0 Å². The van der Waals surface area contributed by atoms with Crippen LogP contribution >= 0.6 is 0 Å². The Morgan fingerprint density at radius 3 is 2.71 bits per heavy atom. The summed E-state index contributed by atoms with van der Waals surface area (Å²) in [4.78, 5) is 37.9. The Morgan fingerprint density at radius 1 is 1.29 bits per heavy atom. The number of allylic oxidation sites excluding steroid dienone is 2. The SMILES string of the molecule is CCOC(=O)COc1ccc(C(=O)CN2C=C3C=CC(C#N)C(=O)C3C2)cc1. The molecule has 1 aliphatic heterocycles. The fraction of sp³-hybridized carbons (Fsp3) is 0.333. The van der Waals surface area contributed by atoms with Crippen molar-refractivity contribution in [1.29, 1.82) is 5.26 Å². The van der Waals surface area contributed by atoms with E-state index >= 15 is 0 Å². The van der Waals surface area contributed by atoms with Gasteiger partial charge >= 0.3 is 5.97 Å². The lowest BCUT2D eigenvalue weighted by molar-refractivity contribution is -0.145. The summed E-state index contributed by atoms with van der Waals surface area (Å²) >= 11 is 0. The van der Waals surface area contributed by atoms with Crippen molar-refractivity contribution in [3.05, 3.63) is 53.8 Å². The second-order valence-corrected chi connectivity index (χ2v) is 6.52. The van der Waals surface area contributed by atoms with Crippen LogP contribution in [-0.4, -0.2) is 48.7 Å². The number of nitrogens with zero attached hydrogens (tertiary/aromatic N) is 2. The third-order valence-electron chi connectivity index (χ3n) is 4.61. The van der Waals surface area contributed by atoms with Crippen LogP contribution in [0, 0.1) is 23.2 Å². The lowest BCUT2D eigenvalue weighted by Gasteiger charge is -2.19. The molecule has 1 heterocycles. The minimum absolute atomic E-state index is 0.0966. The van der Waals surface area contributed by atoms with Gasteiger partial charge in [0.25, 0.3) is 0 Å². The molecule has 0 fully saturated rings. The first-order chi connectivity index (χ1) is 13.5. The van der Waals surface area contributed by atoms with Gasteiger partial charge in [-0.1, -0.05) is 12.2 Å². The zero-order valence-corrected chi connectivity index (χ0v) is 15.5. The maximum absolute atomic E-state index is 12.5. The highest BCUT2D eigenvalue weighted by molar-refractivity contribution is 5.98. The van der Waals surface area contributed by atoms with Gasteiger partial charge in [-0.15, -0.1) is 0 Å². The molecule has 2 unspecified atom stereocenters. The molecule has 1 aromatic rings. The van der Waals surface area contributed by atoms with Crippen LogP contribution in [0.5, 0.6) is 5.75 Å². The van der Waals surface area contributed by atoms with Gasteiger partial charge in [0.2, 0.25) is 0 Å². The van der Waals surface area contributed by atoms with Crippen LogP contribution in [-0.2, 0) is 14.3 Å². The highest BCUT2D eigenvalue weighted by Gasteiger charge is 2.36. The van der Waals surface area contributed by atoms with E-state index in [2.05, 4.69) is 0 Å². The summed E-state index contributed by atoms with van der Waals surface area (Å²) in [6.45, 7) is 2.37. The van der Waals surface area contributed by atoms with Gasteiger partial charge in [0.15, 0.2) is 18.2 Å². The second-order valence-electron chi connectivity index (χ2n) is 6.52. The minimum Gasteiger partial charge on any atom is -0.482 e. The normalized spacial score (nSPS) is 20.2. The summed E-state index contributed by atoms with van der Waals surface area (Å²) in [7, 11) is 0. The topological polar surface area (TPSA) is 96.7 Å². The van der Waals surface area contributed by atoms with E-state index in [9.17, 15) is 14.4 Å². The second kappa shape index (κ2) is 8.53. The Bertz CT molecular complexity index is 879. The number of fused-ring (bicyclic) bond motifs is 1. The number of benzene rings is 1. The van der Waals surface area contributed by atoms with Gasteiger partial charge in [0, 0.05) is 18.3 Å². The molecule has 0 saturated heterocycles. The fourth-order valence-electron chi connectivity index (χ4n) is 3.20. The summed E-state index contributed by atoms with van der Waals surface area (Å²) in [5.74, 6) is -1.25. The number of esters is 1. The minimum atomic E-state index is -0.708. The van der Waals surface area contributed by atoms with Gasteiger partial charge < -0.3 is 14.4 Å². The van der Waals surface area contributed by atoms with Crippen LogP contribution < -0.4 is 4.74 Å². The average Bonchev–Trinajstić information content (AvgIpc) is 3.11. The Hall–Kier alpha value is -3.40. The molecule has 0 N–H and O–H groups in total. The molecule has 1 aromatic carbocycles. The van der Waals surface area contributed by atoms with Crippen LogP contribution in [0.15, 0.2) is 48.2 Å². The van der Waals surface area contributed by atoms with Gasteiger partial charge in [0.05, 0.1) is 25.1 Å². The number of Topliss-reactive ketones (excluding diaryl/α,β-unsaturated/α-hetero) is 2. The molecule has 2 atom stereocenters. The number of hydrogen-bond acceptors (Lipinski definition) is 7. The zero-order valence-electron chi connectivity index (χ0n) is 15.5. The van der Waals surface area contributed by atoms with Crippen molar-refractivity contribution in [2.24, 2.45) is 11.8 Å². The van der Waals surface area contributed by atoms with Crippen molar-refractivity contribution in [3.8, 4) is 11.8 Å². The van der Waals surface area contributed by atoms with Gasteiger partial charge in [0.1, 0.15) is 11.7 Å². The van der Waals surface area contributed by atoms with Crippen molar-refractivity contribution >= 4 is 17.5 Å². The van der Waals surface area contributed by atoms with Crippen LogP contribution in [0.2, 0.25) is 0 Å². The van der Waals surface area contributed by atoms with E-state index in [4.69, 9.17) is 14.7 Å². The zero-order chi connectivity index (χ0) is 20.1. The number of hydrogen-bond donors (Lipinski definition) is 0. The first kappa shape index (κ1) is 19.4. The van der Waals surface area contributed by atoms with Gasteiger partial charge in [-0.05, 0) is 36.8 Å². The number of carbonyl (C=O) groups excluding carboxylic acids is 3. The average molecular weight is 380 g/mol. The van der Waals surface area contributed by atoms with E-state index in [1.54, 1.807) is 54.4 Å². The Labute approximate surface area is 162 Å². The van der Waals surface area contributed by atoms with Crippen LogP contribution in [0.25, 0.3) is 0 Å². The van der Waals surface area contributed by atoms with E-state index in [0.29, 0.717) is 24.5 Å². The monoisotopic (exact) mass is 380 g/mol. The van der Waals surface area contributed by atoms with Crippen molar-refractivity contribution in [3.63, 3.8) is 0 Å². The van der Waals surface area contributed by atoms with Crippen LogP contribution in [0.3, 0.4) is 0 Å². The molecule has 2 aliphatic rings. The van der Waals surface area contributed by atoms with E-state index in [1.165, 1.54) is 0 Å². The van der Waals surface area contributed by atoms with Gasteiger partial charge in [-0.3, -0.25) is 9.59 Å².